The van der Waals surface area contributed by atoms with Gasteiger partial charge in [-0.2, -0.15) is 0 Å². The molecule has 3 aliphatic heterocycles. The minimum atomic E-state index is -1.05. The van der Waals surface area contributed by atoms with Gasteiger partial charge in [0.15, 0.2) is 11.3 Å². The molecule has 2 aromatic rings. The SMILES string of the molecule is COC1=NO[C@@]2(CC[C@H](C)N3C[C@H]2n2cc(C(=O)NCc4ccc(F)cc4F)c(=O)c(OCOC(=O)OCC(C)C)c2C3=O)C1.[HH]. The Morgan fingerprint density at radius 3 is 2.71 bits per heavy atom. The summed E-state index contributed by atoms with van der Waals surface area (Å²) in [5, 5.41) is 6.55. The zero-order valence-electron chi connectivity index (χ0n) is 25.3. The minimum Gasteiger partial charge on any atom is -0.482 e. The van der Waals surface area contributed by atoms with Crippen LogP contribution in [0.25, 0.3) is 0 Å². The number of amides is 2. The third kappa shape index (κ3) is 6.28. The van der Waals surface area contributed by atoms with Gasteiger partial charge in [-0.05, 0) is 31.7 Å². The number of carbonyl (C=O) groups is 3. The van der Waals surface area contributed by atoms with E-state index in [-0.39, 0.29) is 50.8 Å². The largest absolute Gasteiger partial charge is 0.511 e. The highest BCUT2D eigenvalue weighted by atomic mass is 19.1. The number of hydrogen-bond acceptors (Lipinski definition) is 10. The van der Waals surface area contributed by atoms with E-state index in [1.165, 1.54) is 23.9 Å². The fraction of sp³-hybridized carbons (Fsp3) is 0.500. The first-order valence-corrected chi connectivity index (χ1v) is 14.5. The van der Waals surface area contributed by atoms with E-state index in [0.717, 1.165) is 6.07 Å². The van der Waals surface area contributed by atoms with Crippen LogP contribution in [0.3, 0.4) is 0 Å². The predicted octanol–water partition coefficient (Wildman–Crippen LogP) is 3.75. The summed E-state index contributed by atoms with van der Waals surface area (Å²) in [5.41, 5.74) is -2.57. The highest BCUT2D eigenvalue weighted by Crippen LogP contribution is 2.46. The maximum atomic E-state index is 14.3. The van der Waals surface area contributed by atoms with E-state index >= 15 is 0 Å². The fourth-order valence-corrected chi connectivity index (χ4v) is 5.66. The van der Waals surface area contributed by atoms with Crippen LogP contribution in [0.5, 0.6) is 5.75 Å². The summed E-state index contributed by atoms with van der Waals surface area (Å²) in [6, 6.07) is 1.99. The van der Waals surface area contributed by atoms with Gasteiger partial charge >= 0.3 is 6.16 Å². The number of benzene rings is 1. The number of rotatable bonds is 8. The Bertz CT molecular complexity index is 1600. The number of aromatic nitrogens is 1. The van der Waals surface area contributed by atoms with Crippen molar-refractivity contribution in [3.63, 3.8) is 0 Å². The van der Waals surface area contributed by atoms with E-state index in [1.54, 1.807) is 4.90 Å². The molecular formula is C30H36F2N4O9. The summed E-state index contributed by atoms with van der Waals surface area (Å²) >= 11 is 0. The van der Waals surface area contributed by atoms with Crippen molar-refractivity contribution in [2.24, 2.45) is 11.1 Å². The van der Waals surface area contributed by atoms with Gasteiger partial charge in [-0.3, -0.25) is 14.4 Å². The molecule has 1 N–H and O–H groups in total. The molecule has 45 heavy (non-hydrogen) atoms. The van der Waals surface area contributed by atoms with Crippen molar-refractivity contribution in [3.05, 3.63) is 63.1 Å². The molecule has 0 aliphatic carbocycles. The predicted molar refractivity (Wildman–Crippen MR) is 155 cm³/mol. The number of hydrogen-bond donors (Lipinski definition) is 1. The third-order valence-electron chi connectivity index (χ3n) is 8.11. The summed E-state index contributed by atoms with van der Waals surface area (Å²) in [7, 11) is 1.46. The Kier molecular flexibility index (Phi) is 8.98. The van der Waals surface area contributed by atoms with Crippen LogP contribution in [-0.4, -0.2) is 72.0 Å². The average Bonchev–Trinajstić information content (AvgIpc) is 3.38. The van der Waals surface area contributed by atoms with Gasteiger partial charge in [0, 0.05) is 38.4 Å². The van der Waals surface area contributed by atoms with Crippen LogP contribution in [-0.2, 0) is 25.6 Å². The first-order chi connectivity index (χ1) is 21.4. The molecule has 3 atom stereocenters. The molecule has 3 aliphatic rings. The number of halogens is 2. The summed E-state index contributed by atoms with van der Waals surface area (Å²) in [6.07, 6.45) is 1.47. The monoisotopic (exact) mass is 634 g/mol. The summed E-state index contributed by atoms with van der Waals surface area (Å²) in [5.74, 6) is -3.24. The van der Waals surface area contributed by atoms with Gasteiger partial charge in [0.05, 0.1) is 26.2 Å². The van der Waals surface area contributed by atoms with E-state index in [9.17, 15) is 28.0 Å². The topological polar surface area (TPSA) is 147 Å². The molecule has 1 aromatic carbocycles. The van der Waals surface area contributed by atoms with E-state index < -0.39 is 64.8 Å². The highest BCUT2D eigenvalue weighted by Gasteiger charge is 2.55. The Labute approximate surface area is 258 Å². The minimum absolute atomic E-state index is 0. The molecule has 0 unspecified atom stereocenters. The van der Waals surface area contributed by atoms with Gasteiger partial charge in [0.2, 0.25) is 23.9 Å². The molecule has 244 valence electrons. The molecule has 0 saturated carbocycles. The van der Waals surface area contributed by atoms with E-state index in [1.807, 2.05) is 20.8 Å². The number of fused-ring (bicyclic) bond motifs is 5. The van der Waals surface area contributed by atoms with Crippen molar-refractivity contribution in [2.75, 3.05) is 27.1 Å². The Morgan fingerprint density at radius 1 is 1.24 bits per heavy atom. The standard InChI is InChI=1S/C30H34F2N4O9.H2/c1-16(2)14-42-29(40)44-15-43-26-24-28(39)35-13-22(30(8-7-17(35)3)10-23(41-4)34-45-30)36(24)12-20(25(26)37)27(38)33-11-18-5-6-19(31)9-21(18)32;/h5-6,9,12,16-17,22H,7-8,10-11,13-15H2,1-4H3,(H,33,38);1H/t17-,22+,30-;/m0./s1. The smallest absolute Gasteiger partial charge is 0.482 e. The lowest BCUT2D eigenvalue weighted by Crippen LogP contribution is -2.52. The zero-order valence-corrected chi connectivity index (χ0v) is 25.3. The number of nitrogens with zero attached hydrogens (tertiary/aromatic N) is 3. The fourth-order valence-electron chi connectivity index (χ4n) is 5.66. The molecule has 2 amide bonds. The van der Waals surface area contributed by atoms with Crippen molar-refractivity contribution >= 4 is 23.9 Å². The average molecular weight is 635 g/mol. The van der Waals surface area contributed by atoms with Crippen LogP contribution in [0, 0.1) is 17.6 Å². The molecule has 1 spiro atoms. The van der Waals surface area contributed by atoms with Crippen LogP contribution < -0.4 is 15.5 Å². The van der Waals surface area contributed by atoms with Gasteiger partial charge < -0.3 is 38.6 Å². The maximum absolute atomic E-state index is 14.3. The van der Waals surface area contributed by atoms with Crippen molar-refractivity contribution in [2.45, 2.75) is 64.3 Å². The molecule has 1 fully saturated rings. The quantitative estimate of drug-likeness (QED) is 0.339. The third-order valence-corrected chi connectivity index (χ3v) is 8.11. The number of nitrogens with one attached hydrogen (secondary N) is 1. The first-order valence-electron chi connectivity index (χ1n) is 14.5. The molecule has 15 heteroatoms. The molecule has 1 aromatic heterocycles. The van der Waals surface area contributed by atoms with E-state index in [0.29, 0.717) is 24.8 Å². The number of carbonyl (C=O) groups excluding carboxylic acids is 3. The van der Waals surface area contributed by atoms with Gasteiger partial charge in [-0.1, -0.05) is 25.1 Å². The van der Waals surface area contributed by atoms with Gasteiger partial charge in [-0.25, -0.2) is 13.6 Å². The Morgan fingerprint density at radius 2 is 2.02 bits per heavy atom. The second-order valence-corrected chi connectivity index (χ2v) is 11.6. The number of methoxy groups -OCH3 is 1. The Hall–Kier alpha value is -4.69. The van der Waals surface area contributed by atoms with Crippen molar-refractivity contribution in [1.82, 2.24) is 14.8 Å². The molecular weight excluding hydrogens is 598 g/mol. The Balaban J connectivity index is 0.00000480. The van der Waals surface area contributed by atoms with Crippen LogP contribution in [0.4, 0.5) is 13.6 Å². The van der Waals surface area contributed by atoms with Crippen molar-refractivity contribution in [3.8, 4) is 5.75 Å². The number of oxime groups is 1. The summed E-state index contributed by atoms with van der Waals surface area (Å²) in [6.45, 7) is 4.64. The van der Waals surface area contributed by atoms with Crippen molar-refractivity contribution < 1.29 is 48.4 Å². The van der Waals surface area contributed by atoms with Gasteiger partial charge in [0.1, 0.15) is 17.2 Å². The lowest BCUT2D eigenvalue weighted by Gasteiger charge is -2.42. The van der Waals surface area contributed by atoms with E-state index in [4.69, 9.17) is 23.8 Å². The molecule has 4 heterocycles. The zero-order chi connectivity index (χ0) is 32.5. The highest BCUT2D eigenvalue weighted by molar-refractivity contribution is 5.99. The van der Waals surface area contributed by atoms with Crippen LogP contribution in [0.1, 0.15) is 73.9 Å². The lowest BCUT2D eigenvalue weighted by molar-refractivity contribution is -0.0658. The number of ether oxygens (including phenoxy) is 4. The second kappa shape index (κ2) is 12.7. The maximum Gasteiger partial charge on any atom is 0.511 e. The van der Waals surface area contributed by atoms with Crippen LogP contribution in [0.2, 0.25) is 0 Å². The molecule has 2 bridgehead atoms. The van der Waals surface area contributed by atoms with E-state index in [2.05, 4.69) is 10.5 Å². The summed E-state index contributed by atoms with van der Waals surface area (Å²) < 4.78 is 50.0. The van der Waals surface area contributed by atoms with Gasteiger partial charge in [-0.15, -0.1) is 0 Å². The molecule has 0 radical (unpaired) electrons. The van der Waals surface area contributed by atoms with Crippen LogP contribution >= 0.6 is 0 Å². The summed E-state index contributed by atoms with van der Waals surface area (Å²) in [4.78, 5) is 60.8. The molecule has 5 rings (SSSR count). The second-order valence-electron chi connectivity index (χ2n) is 11.6. The molecule has 13 nitrogen and oxygen atoms in total. The molecule has 1 saturated heterocycles. The van der Waals surface area contributed by atoms with Crippen molar-refractivity contribution in [1.29, 1.82) is 0 Å². The lowest BCUT2D eigenvalue weighted by atomic mass is 9.85. The van der Waals surface area contributed by atoms with Crippen LogP contribution in [0.15, 0.2) is 34.3 Å². The normalized spacial score (nSPS) is 21.9. The van der Waals surface area contributed by atoms with Gasteiger partial charge in [0.25, 0.3) is 11.8 Å². The first kappa shape index (κ1) is 31.7. The number of pyridine rings is 1.